The standard InChI is InChI=1S/C20H34O2/c1-17(2)8-5-9-18(3)10-6-12-20(16-22)13-7-11-19(4)14-15-21/h8,10,13-14,21-22H,5-7,9,11-12,15-16H2,1-4H3/b18-10+,19-14-,20-13+. The molecule has 0 atom stereocenters. The summed E-state index contributed by atoms with van der Waals surface area (Å²) in [5, 5.41) is 18.2. The first-order valence-electron chi connectivity index (χ1n) is 8.33. The third kappa shape index (κ3) is 12.6. The van der Waals surface area contributed by atoms with Crippen molar-refractivity contribution >= 4 is 0 Å². The fourth-order valence-electron chi connectivity index (χ4n) is 2.20. The number of aliphatic hydroxyl groups excluding tert-OH is 2. The minimum absolute atomic E-state index is 0.110. The Morgan fingerprint density at radius 3 is 1.77 bits per heavy atom. The van der Waals surface area contributed by atoms with Crippen molar-refractivity contribution in [2.45, 2.75) is 66.2 Å². The van der Waals surface area contributed by atoms with Crippen LogP contribution in [0.25, 0.3) is 0 Å². The molecule has 0 amide bonds. The fourth-order valence-corrected chi connectivity index (χ4v) is 2.20. The lowest BCUT2D eigenvalue weighted by Gasteiger charge is -2.04. The van der Waals surface area contributed by atoms with Gasteiger partial charge >= 0.3 is 0 Å². The van der Waals surface area contributed by atoms with Crippen LogP contribution in [0.2, 0.25) is 0 Å². The van der Waals surface area contributed by atoms with Crippen molar-refractivity contribution in [3.05, 3.63) is 46.6 Å². The SMILES string of the molecule is CC(C)=CCC/C(C)=C/CC/C(=C\CC/C(C)=C\CO)CO. The van der Waals surface area contributed by atoms with E-state index in [4.69, 9.17) is 5.11 Å². The lowest BCUT2D eigenvalue weighted by atomic mass is 10.0. The molecule has 2 nitrogen and oxygen atoms in total. The van der Waals surface area contributed by atoms with Gasteiger partial charge in [0.1, 0.15) is 0 Å². The van der Waals surface area contributed by atoms with Gasteiger partial charge in [-0.15, -0.1) is 0 Å². The van der Waals surface area contributed by atoms with E-state index >= 15 is 0 Å². The molecule has 0 fully saturated rings. The first kappa shape index (κ1) is 20.9. The molecule has 0 aromatic rings. The molecule has 0 saturated heterocycles. The number of aliphatic hydroxyl groups is 2. The summed E-state index contributed by atoms with van der Waals surface area (Å²) in [6, 6.07) is 0. The zero-order valence-corrected chi connectivity index (χ0v) is 14.9. The van der Waals surface area contributed by atoms with Crippen molar-refractivity contribution in [2.75, 3.05) is 13.2 Å². The summed E-state index contributed by atoms with van der Waals surface area (Å²) < 4.78 is 0. The first-order chi connectivity index (χ1) is 10.5. The van der Waals surface area contributed by atoms with Crippen LogP contribution in [0.1, 0.15) is 66.2 Å². The third-order valence-corrected chi connectivity index (χ3v) is 3.66. The maximum atomic E-state index is 9.41. The second-order valence-corrected chi connectivity index (χ2v) is 6.20. The predicted octanol–water partition coefficient (Wildman–Crippen LogP) is 5.10. The smallest absolute Gasteiger partial charge is 0.0641 e. The molecule has 0 aromatic heterocycles. The highest BCUT2D eigenvalue weighted by Gasteiger charge is 1.96. The van der Waals surface area contributed by atoms with Crippen LogP contribution in [-0.4, -0.2) is 23.4 Å². The fraction of sp³-hybridized carbons (Fsp3) is 0.600. The van der Waals surface area contributed by atoms with E-state index in [1.165, 1.54) is 16.7 Å². The van der Waals surface area contributed by atoms with Gasteiger partial charge in [-0.05, 0) is 71.8 Å². The van der Waals surface area contributed by atoms with Crippen LogP contribution in [0.3, 0.4) is 0 Å². The highest BCUT2D eigenvalue weighted by molar-refractivity contribution is 5.08. The molecule has 0 aliphatic rings. The quantitative estimate of drug-likeness (QED) is 0.522. The van der Waals surface area contributed by atoms with Gasteiger partial charge in [0.2, 0.25) is 0 Å². The van der Waals surface area contributed by atoms with Crippen molar-refractivity contribution in [1.82, 2.24) is 0 Å². The second-order valence-electron chi connectivity index (χ2n) is 6.20. The Morgan fingerprint density at radius 2 is 1.23 bits per heavy atom. The van der Waals surface area contributed by atoms with Gasteiger partial charge in [-0.3, -0.25) is 0 Å². The van der Waals surface area contributed by atoms with E-state index in [9.17, 15) is 5.11 Å². The van der Waals surface area contributed by atoms with Gasteiger partial charge in [0, 0.05) is 0 Å². The van der Waals surface area contributed by atoms with Gasteiger partial charge in [0.15, 0.2) is 0 Å². The largest absolute Gasteiger partial charge is 0.392 e. The molecule has 0 unspecified atom stereocenters. The second kappa shape index (κ2) is 13.5. The predicted molar refractivity (Wildman–Crippen MR) is 96.9 cm³/mol. The maximum absolute atomic E-state index is 9.41. The van der Waals surface area contributed by atoms with Crippen molar-refractivity contribution in [3.63, 3.8) is 0 Å². The minimum Gasteiger partial charge on any atom is -0.392 e. The molecule has 0 aliphatic carbocycles. The first-order valence-corrected chi connectivity index (χ1v) is 8.33. The Kier molecular flexibility index (Phi) is 12.8. The van der Waals surface area contributed by atoms with E-state index in [2.05, 4.69) is 39.0 Å². The number of hydrogen-bond acceptors (Lipinski definition) is 2. The van der Waals surface area contributed by atoms with Crippen LogP contribution in [-0.2, 0) is 0 Å². The number of rotatable bonds is 11. The van der Waals surface area contributed by atoms with Gasteiger partial charge in [-0.2, -0.15) is 0 Å². The molecule has 0 rings (SSSR count). The van der Waals surface area contributed by atoms with Gasteiger partial charge in [-0.25, -0.2) is 0 Å². The molecule has 126 valence electrons. The summed E-state index contributed by atoms with van der Waals surface area (Å²) in [7, 11) is 0. The molecule has 0 radical (unpaired) electrons. The summed E-state index contributed by atoms with van der Waals surface area (Å²) in [4.78, 5) is 0. The molecular formula is C20H34O2. The summed E-state index contributed by atoms with van der Waals surface area (Å²) in [5.74, 6) is 0. The molecule has 2 N–H and O–H groups in total. The zero-order chi connectivity index (χ0) is 16.8. The van der Waals surface area contributed by atoms with Crippen LogP contribution >= 0.6 is 0 Å². The topological polar surface area (TPSA) is 40.5 Å². The minimum atomic E-state index is 0.110. The van der Waals surface area contributed by atoms with E-state index in [1.807, 2.05) is 13.0 Å². The molecule has 0 aliphatic heterocycles. The Hall–Kier alpha value is -1.12. The van der Waals surface area contributed by atoms with Gasteiger partial charge in [0.05, 0.1) is 13.2 Å². The monoisotopic (exact) mass is 306 g/mol. The highest BCUT2D eigenvalue weighted by Crippen LogP contribution is 2.13. The Bertz CT molecular complexity index is 407. The van der Waals surface area contributed by atoms with Crippen molar-refractivity contribution in [1.29, 1.82) is 0 Å². The van der Waals surface area contributed by atoms with Crippen molar-refractivity contribution < 1.29 is 10.2 Å². The third-order valence-electron chi connectivity index (χ3n) is 3.66. The van der Waals surface area contributed by atoms with E-state index in [1.54, 1.807) is 0 Å². The van der Waals surface area contributed by atoms with Crippen LogP contribution in [0, 0.1) is 0 Å². The van der Waals surface area contributed by atoms with Crippen LogP contribution in [0.15, 0.2) is 46.6 Å². The van der Waals surface area contributed by atoms with Crippen molar-refractivity contribution in [3.8, 4) is 0 Å². The lowest BCUT2D eigenvalue weighted by Crippen LogP contribution is -1.91. The molecule has 22 heavy (non-hydrogen) atoms. The summed E-state index contributed by atoms with van der Waals surface area (Å²) in [6.07, 6.45) is 14.6. The molecule has 0 saturated carbocycles. The molecule has 0 heterocycles. The van der Waals surface area contributed by atoms with E-state index in [-0.39, 0.29) is 13.2 Å². The summed E-state index contributed by atoms with van der Waals surface area (Å²) >= 11 is 0. The Balaban J connectivity index is 4.12. The maximum Gasteiger partial charge on any atom is 0.0641 e. The van der Waals surface area contributed by atoms with Gasteiger partial charge in [0.25, 0.3) is 0 Å². The molecule has 2 heteroatoms. The molecule has 0 bridgehead atoms. The molecular weight excluding hydrogens is 272 g/mol. The van der Waals surface area contributed by atoms with Gasteiger partial charge < -0.3 is 10.2 Å². The number of allylic oxidation sites excluding steroid dienone is 6. The average molecular weight is 306 g/mol. The Morgan fingerprint density at radius 1 is 0.682 bits per heavy atom. The van der Waals surface area contributed by atoms with E-state index in [0.717, 1.165) is 44.1 Å². The average Bonchev–Trinajstić information content (AvgIpc) is 2.45. The lowest BCUT2D eigenvalue weighted by molar-refractivity contribution is 0.326. The summed E-state index contributed by atoms with van der Waals surface area (Å²) in [6.45, 7) is 8.74. The van der Waals surface area contributed by atoms with Crippen molar-refractivity contribution in [2.24, 2.45) is 0 Å². The summed E-state index contributed by atoms with van der Waals surface area (Å²) in [5.41, 5.74) is 5.12. The number of hydrogen-bond donors (Lipinski definition) is 2. The Labute approximate surface area is 137 Å². The van der Waals surface area contributed by atoms with Crippen LogP contribution < -0.4 is 0 Å². The van der Waals surface area contributed by atoms with E-state index in [0.29, 0.717) is 0 Å². The van der Waals surface area contributed by atoms with Gasteiger partial charge in [-0.1, -0.05) is 41.0 Å². The molecule has 0 aromatic carbocycles. The highest BCUT2D eigenvalue weighted by atomic mass is 16.3. The molecule has 0 spiro atoms. The van der Waals surface area contributed by atoms with E-state index < -0.39 is 0 Å². The zero-order valence-electron chi connectivity index (χ0n) is 14.9. The normalized spacial score (nSPS) is 13.5. The van der Waals surface area contributed by atoms with Crippen LogP contribution in [0.4, 0.5) is 0 Å². The van der Waals surface area contributed by atoms with Crippen LogP contribution in [0.5, 0.6) is 0 Å².